The van der Waals surface area contributed by atoms with E-state index in [4.69, 9.17) is 0 Å². The summed E-state index contributed by atoms with van der Waals surface area (Å²) in [7, 11) is 0. The van der Waals surface area contributed by atoms with Gasteiger partial charge < -0.3 is 9.38 Å². The van der Waals surface area contributed by atoms with Crippen molar-refractivity contribution >= 4 is 18.2 Å². The van der Waals surface area contributed by atoms with E-state index >= 15 is 0 Å². The summed E-state index contributed by atoms with van der Waals surface area (Å²) in [6.45, 7) is 3.94. The molecule has 0 bridgehead atoms. The molecular weight excluding hydrogens is 215 g/mol. The quantitative estimate of drug-likeness (QED) is 0.651. The fourth-order valence-corrected chi connectivity index (χ4v) is 1.97. The normalized spacial score (nSPS) is 12.4. The predicted molar refractivity (Wildman–Crippen MR) is 66.5 cm³/mol. The molecule has 0 atom stereocenters. The van der Waals surface area contributed by atoms with Crippen LogP contribution >= 0.6 is 0 Å². The van der Waals surface area contributed by atoms with Crippen LogP contribution in [0.15, 0.2) is 42.7 Å². The third kappa shape index (κ3) is 1.56. The van der Waals surface area contributed by atoms with Crippen LogP contribution in [0, 0.1) is 5.82 Å². The van der Waals surface area contributed by atoms with Crippen LogP contribution in [0.2, 0.25) is 0 Å². The summed E-state index contributed by atoms with van der Waals surface area (Å²) in [5.41, 5.74) is 1.68. The molecule has 0 unspecified atom stereocenters. The minimum atomic E-state index is -0.254. The fraction of sp³-hybridized carbons (Fsp3) is 0. The highest BCUT2D eigenvalue weighted by molar-refractivity contribution is 5.52. The number of rotatable bonds is 1. The van der Waals surface area contributed by atoms with E-state index in [0.717, 1.165) is 11.2 Å². The molecule has 0 amide bonds. The summed E-state index contributed by atoms with van der Waals surface area (Å²) in [4.78, 5) is 3.02. The molecule has 17 heavy (non-hydrogen) atoms. The van der Waals surface area contributed by atoms with Crippen molar-refractivity contribution < 1.29 is 4.39 Å². The van der Waals surface area contributed by atoms with Crippen LogP contribution in [0.1, 0.15) is 5.69 Å². The molecule has 0 aliphatic rings. The predicted octanol–water partition coefficient (Wildman–Crippen LogP) is 1.65. The van der Waals surface area contributed by atoms with Gasteiger partial charge in [-0.3, -0.25) is 0 Å². The molecule has 3 rings (SSSR count). The van der Waals surface area contributed by atoms with E-state index in [0.29, 0.717) is 10.6 Å². The zero-order valence-electron chi connectivity index (χ0n) is 9.15. The van der Waals surface area contributed by atoms with Gasteiger partial charge in [0, 0.05) is 34.2 Å². The van der Waals surface area contributed by atoms with Crippen LogP contribution in [0.3, 0.4) is 0 Å². The SMILES string of the molecule is C=c1/c(=C/c2ccc[nH]2)c(F)cc2cccn12. The smallest absolute Gasteiger partial charge is 0.134 e. The first kappa shape index (κ1) is 9.90. The summed E-state index contributed by atoms with van der Waals surface area (Å²) in [6.07, 6.45) is 5.45. The molecule has 84 valence electrons. The zero-order valence-corrected chi connectivity index (χ0v) is 9.15. The molecule has 1 N–H and O–H groups in total. The van der Waals surface area contributed by atoms with E-state index < -0.39 is 0 Å². The van der Waals surface area contributed by atoms with Crippen molar-refractivity contribution in [2.45, 2.75) is 0 Å². The second kappa shape index (κ2) is 3.63. The average Bonchev–Trinajstić information content (AvgIpc) is 2.94. The molecule has 0 radical (unpaired) electrons. The lowest BCUT2D eigenvalue weighted by Crippen LogP contribution is -2.32. The highest BCUT2D eigenvalue weighted by Gasteiger charge is 2.01. The lowest BCUT2D eigenvalue weighted by molar-refractivity contribution is 0.615. The Kier molecular flexibility index (Phi) is 2.11. The third-order valence-corrected chi connectivity index (χ3v) is 2.84. The number of nitrogens with zero attached hydrogens (tertiary/aromatic N) is 1. The fourth-order valence-electron chi connectivity index (χ4n) is 1.97. The Morgan fingerprint density at radius 1 is 1.29 bits per heavy atom. The van der Waals surface area contributed by atoms with Crippen LogP contribution < -0.4 is 10.6 Å². The van der Waals surface area contributed by atoms with Gasteiger partial charge in [-0.2, -0.15) is 0 Å². The van der Waals surface area contributed by atoms with Crippen molar-refractivity contribution in [3.63, 3.8) is 0 Å². The maximum absolute atomic E-state index is 14.0. The van der Waals surface area contributed by atoms with Gasteiger partial charge in [0.15, 0.2) is 0 Å². The van der Waals surface area contributed by atoms with Crippen LogP contribution in [-0.2, 0) is 0 Å². The highest BCUT2D eigenvalue weighted by Crippen LogP contribution is 2.01. The molecule has 2 nitrogen and oxygen atoms in total. The van der Waals surface area contributed by atoms with Gasteiger partial charge in [0.1, 0.15) is 5.82 Å². The van der Waals surface area contributed by atoms with Crippen molar-refractivity contribution in [2.24, 2.45) is 0 Å². The Balaban J connectivity index is 2.40. The standard InChI is InChI=1S/C14H11FN2/c1-10-13(8-11-4-2-6-16-11)14(15)9-12-5-3-7-17(10)12/h2-9,16H,1H2/b13-8-. The molecule has 3 heterocycles. The van der Waals surface area contributed by atoms with Crippen molar-refractivity contribution in [3.05, 3.63) is 64.8 Å². The van der Waals surface area contributed by atoms with Gasteiger partial charge in [-0.05, 0) is 36.4 Å². The molecule has 0 saturated heterocycles. The number of pyridine rings is 1. The third-order valence-electron chi connectivity index (χ3n) is 2.84. The first-order chi connectivity index (χ1) is 8.25. The van der Waals surface area contributed by atoms with Gasteiger partial charge >= 0.3 is 0 Å². The van der Waals surface area contributed by atoms with Crippen molar-refractivity contribution in [1.29, 1.82) is 0 Å². The topological polar surface area (TPSA) is 20.2 Å². The van der Waals surface area contributed by atoms with E-state index in [1.807, 2.05) is 34.9 Å². The second-order valence-electron chi connectivity index (χ2n) is 3.93. The van der Waals surface area contributed by atoms with Crippen molar-refractivity contribution in [1.82, 2.24) is 9.38 Å². The Morgan fingerprint density at radius 3 is 2.94 bits per heavy atom. The maximum Gasteiger partial charge on any atom is 0.134 e. The minimum absolute atomic E-state index is 0.254. The van der Waals surface area contributed by atoms with Gasteiger partial charge in [-0.25, -0.2) is 4.39 Å². The zero-order chi connectivity index (χ0) is 11.8. The Bertz CT molecular complexity index is 767. The van der Waals surface area contributed by atoms with E-state index in [9.17, 15) is 4.39 Å². The van der Waals surface area contributed by atoms with Gasteiger partial charge in [-0.15, -0.1) is 0 Å². The van der Waals surface area contributed by atoms with Gasteiger partial charge in [0.25, 0.3) is 0 Å². The van der Waals surface area contributed by atoms with Crippen molar-refractivity contribution in [2.75, 3.05) is 0 Å². The van der Waals surface area contributed by atoms with E-state index in [1.165, 1.54) is 6.07 Å². The van der Waals surface area contributed by atoms with Crippen LogP contribution in [-0.4, -0.2) is 9.38 Å². The van der Waals surface area contributed by atoms with Gasteiger partial charge in [0.05, 0.1) is 0 Å². The van der Waals surface area contributed by atoms with E-state index in [2.05, 4.69) is 11.6 Å². The van der Waals surface area contributed by atoms with Crippen molar-refractivity contribution in [3.8, 4) is 0 Å². The van der Waals surface area contributed by atoms with Crippen LogP contribution in [0.4, 0.5) is 4.39 Å². The molecule has 0 spiro atoms. The molecule has 0 saturated carbocycles. The molecule has 0 fully saturated rings. The number of nitrogens with one attached hydrogen (secondary N) is 1. The average molecular weight is 226 g/mol. The summed E-state index contributed by atoms with van der Waals surface area (Å²) in [5, 5.41) is 1.16. The molecule has 3 aromatic heterocycles. The number of hydrogen-bond acceptors (Lipinski definition) is 0. The molecule has 0 aliphatic carbocycles. The van der Waals surface area contributed by atoms with Gasteiger partial charge in [0.2, 0.25) is 0 Å². The van der Waals surface area contributed by atoms with E-state index in [-0.39, 0.29) is 5.82 Å². The second-order valence-corrected chi connectivity index (χ2v) is 3.93. The number of hydrogen-bond donors (Lipinski definition) is 1. The summed E-state index contributed by atoms with van der Waals surface area (Å²) >= 11 is 0. The minimum Gasteiger partial charge on any atom is -0.362 e. The number of fused-ring (bicyclic) bond motifs is 1. The highest BCUT2D eigenvalue weighted by atomic mass is 19.1. The molecule has 0 aromatic carbocycles. The summed E-state index contributed by atoms with van der Waals surface area (Å²) < 4.78 is 15.8. The molecule has 3 heteroatoms. The Hall–Kier alpha value is -2.29. The number of aromatic amines is 1. The first-order valence-corrected chi connectivity index (χ1v) is 5.35. The number of halogens is 1. The number of H-pyrrole nitrogens is 1. The largest absolute Gasteiger partial charge is 0.362 e. The summed E-state index contributed by atoms with van der Waals surface area (Å²) in [6, 6.07) is 9.01. The monoisotopic (exact) mass is 226 g/mol. The van der Waals surface area contributed by atoms with Crippen LogP contribution in [0.25, 0.3) is 18.2 Å². The Labute approximate surface area is 97.3 Å². The van der Waals surface area contributed by atoms with E-state index in [1.54, 1.807) is 12.3 Å². The molecule has 3 aromatic rings. The molecule has 0 aliphatic heterocycles. The first-order valence-electron chi connectivity index (χ1n) is 5.35. The number of aromatic nitrogens is 2. The molecular formula is C14H11FN2. The maximum atomic E-state index is 14.0. The van der Waals surface area contributed by atoms with Crippen LogP contribution in [0.5, 0.6) is 0 Å². The van der Waals surface area contributed by atoms with Gasteiger partial charge in [-0.1, -0.05) is 6.58 Å². The summed E-state index contributed by atoms with van der Waals surface area (Å²) in [5.74, 6) is -0.254. The Morgan fingerprint density at radius 2 is 2.18 bits per heavy atom. The lowest BCUT2D eigenvalue weighted by Gasteiger charge is -1.99. The lowest BCUT2D eigenvalue weighted by atomic mass is 10.2.